The molecule has 4 nitrogen and oxygen atoms in total. The van der Waals surface area contributed by atoms with Crippen molar-refractivity contribution in [3.05, 3.63) is 51.5 Å². The van der Waals surface area contributed by atoms with E-state index in [0.29, 0.717) is 45.5 Å². The number of hydrogen-bond donors (Lipinski definition) is 1. The molecule has 1 aliphatic rings. The topological polar surface area (TPSA) is 47.6 Å². The molecule has 0 unspecified atom stereocenters. The highest BCUT2D eigenvalue weighted by Crippen LogP contribution is 2.35. The van der Waals surface area contributed by atoms with E-state index < -0.39 is 0 Å². The van der Waals surface area contributed by atoms with Gasteiger partial charge in [-0.2, -0.15) is 0 Å². The van der Waals surface area contributed by atoms with Crippen LogP contribution in [0.1, 0.15) is 10.4 Å². The van der Waals surface area contributed by atoms with Crippen molar-refractivity contribution in [2.75, 3.05) is 18.5 Å². The number of fused-ring (bicyclic) bond motifs is 1. The largest absolute Gasteiger partial charge is 0.486 e. The van der Waals surface area contributed by atoms with Crippen molar-refractivity contribution in [2.24, 2.45) is 0 Å². The molecule has 6 heteroatoms. The van der Waals surface area contributed by atoms with Gasteiger partial charge in [0.15, 0.2) is 11.5 Å². The Morgan fingerprint density at radius 1 is 1.10 bits per heavy atom. The third-order valence-electron chi connectivity index (χ3n) is 2.98. The standard InChI is InChI=1S/C15H11BrClNO3/c16-12-8-14-13(20-5-6-21-14)7-11(12)15(19)18-10-3-1-9(17)2-4-10/h1-4,7-8H,5-6H2,(H,18,19). The summed E-state index contributed by atoms with van der Waals surface area (Å²) in [7, 11) is 0. The minimum atomic E-state index is -0.235. The normalized spacial score (nSPS) is 12.9. The van der Waals surface area contributed by atoms with Crippen LogP contribution in [0.25, 0.3) is 0 Å². The van der Waals surface area contributed by atoms with E-state index in [1.165, 1.54) is 0 Å². The van der Waals surface area contributed by atoms with Crippen LogP contribution >= 0.6 is 27.5 Å². The van der Waals surface area contributed by atoms with Crippen molar-refractivity contribution in [1.29, 1.82) is 0 Å². The number of hydrogen-bond acceptors (Lipinski definition) is 3. The molecule has 0 saturated carbocycles. The van der Waals surface area contributed by atoms with Crippen molar-refractivity contribution in [2.45, 2.75) is 0 Å². The summed E-state index contributed by atoms with van der Waals surface area (Å²) in [5, 5.41) is 3.43. The van der Waals surface area contributed by atoms with Crippen molar-refractivity contribution in [3.8, 4) is 11.5 Å². The Morgan fingerprint density at radius 3 is 2.38 bits per heavy atom. The fourth-order valence-corrected chi connectivity index (χ4v) is 2.60. The lowest BCUT2D eigenvalue weighted by atomic mass is 10.1. The number of benzene rings is 2. The minimum Gasteiger partial charge on any atom is -0.486 e. The second-order valence-electron chi connectivity index (χ2n) is 4.44. The van der Waals surface area contributed by atoms with Gasteiger partial charge in [0.25, 0.3) is 5.91 Å². The number of halogens is 2. The minimum absolute atomic E-state index is 0.235. The van der Waals surface area contributed by atoms with Crippen LogP contribution in [-0.2, 0) is 0 Å². The van der Waals surface area contributed by atoms with Crippen LogP contribution in [-0.4, -0.2) is 19.1 Å². The van der Waals surface area contributed by atoms with Gasteiger partial charge in [-0.3, -0.25) is 4.79 Å². The van der Waals surface area contributed by atoms with Crippen LogP contribution in [0.15, 0.2) is 40.9 Å². The van der Waals surface area contributed by atoms with Crippen molar-refractivity contribution in [3.63, 3.8) is 0 Å². The Balaban J connectivity index is 1.85. The first-order valence-corrected chi connectivity index (χ1v) is 7.46. The van der Waals surface area contributed by atoms with Crippen LogP contribution in [0.2, 0.25) is 5.02 Å². The Morgan fingerprint density at radius 2 is 1.71 bits per heavy atom. The Hall–Kier alpha value is -1.72. The lowest BCUT2D eigenvalue weighted by molar-refractivity contribution is 0.102. The van der Waals surface area contributed by atoms with Gasteiger partial charge in [0.05, 0.1) is 5.56 Å². The fourth-order valence-electron chi connectivity index (χ4n) is 1.97. The number of carbonyl (C=O) groups excluding carboxylic acids is 1. The molecule has 0 fully saturated rings. The molecular formula is C15H11BrClNO3. The zero-order valence-electron chi connectivity index (χ0n) is 10.9. The molecule has 1 aliphatic heterocycles. The van der Waals surface area contributed by atoms with E-state index in [4.69, 9.17) is 21.1 Å². The molecule has 0 atom stereocenters. The van der Waals surface area contributed by atoms with E-state index in [0.717, 1.165) is 0 Å². The number of anilines is 1. The van der Waals surface area contributed by atoms with E-state index in [1.807, 2.05) is 0 Å². The first kappa shape index (κ1) is 14.2. The molecule has 0 aromatic heterocycles. The second kappa shape index (κ2) is 5.95. The fraction of sp³-hybridized carbons (Fsp3) is 0.133. The summed E-state index contributed by atoms with van der Waals surface area (Å²) in [6.07, 6.45) is 0. The molecule has 0 radical (unpaired) electrons. The van der Waals surface area contributed by atoms with Gasteiger partial charge in [0, 0.05) is 15.2 Å². The summed E-state index contributed by atoms with van der Waals surface area (Å²) < 4.78 is 11.6. The number of ether oxygens (including phenoxy) is 2. The molecule has 108 valence electrons. The summed E-state index contributed by atoms with van der Waals surface area (Å²) in [4.78, 5) is 12.3. The van der Waals surface area contributed by atoms with Gasteiger partial charge < -0.3 is 14.8 Å². The molecule has 0 spiro atoms. The van der Waals surface area contributed by atoms with Gasteiger partial charge in [-0.1, -0.05) is 11.6 Å². The molecular weight excluding hydrogens is 358 g/mol. The third kappa shape index (κ3) is 3.14. The van der Waals surface area contributed by atoms with E-state index in [2.05, 4.69) is 21.2 Å². The molecule has 1 amide bonds. The first-order chi connectivity index (χ1) is 10.1. The van der Waals surface area contributed by atoms with Gasteiger partial charge in [0.1, 0.15) is 13.2 Å². The first-order valence-electron chi connectivity index (χ1n) is 6.29. The van der Waals surface area contributed by atoms with E-state index in [1.54, 1.807) is 36.4 Å². The maximum absolute atomic E-state index is 12.3. The summed E-state index contributed by atoms with van der Waals surface area (Å²) in [5.74, 6) is 0.975. The van der Waals surface area contributed by atoms with Gasteiger partial charge in [0.2, 0.25) is 0 Å². The van der Waals surface area contributed by atoms with Crippen molar-refractivity contribution < 1.29 is 14.3 Å². The summed E-state index contributed by atoms with van der Waals surface area (Å²) in [5.41, 5.74) is 1.15. The number of carbonyl (C=O) groups is 1. The Labute approximate surface area is 135 Å². The van der Waals surface area contributed by atoms with E-state index in [-0.39, 0.29) is 5.91 Å². The number of nitrogens with one attached hydrogen (secondary N) is 1. The molecule has 1 N–H and O–H groups in total. The van der Waals surface area contributed by atoms with Gasteiger partial charge in [-0.15, -0.1) is 0 Å². The average Bonchev–Trinajstić information content (AvgIpc) is 2.49. The van der Waals surface area contributed by atoms with Crippen LogP contribution < -0.4 is 14.8 Å². The molecule has 0 aliphatic carbocycles. The molecule has 2 aromatic carbocycles. The highest BCUT2D eigenvalue weighted by atomic mass is 79.9. The molecule has 21 heavy (non-hydrogen) atoms. The highest BCUT2D eigenvalue weighted by molar-refractivity contribution is 9.10. The molecule has 0 bridgehead atoms. The zero-order chi connectivity index (χ0) is 14.8. The Bertz CT molecular complexity index is 688. The summed E-state index contributed by atoms with van der Waals surface area (Å²) >= 11 is 9.20. The average molecular weight is 369 g/mol. The predicted octanol–water partition coefficient (Wildman–Crippen LogP) is 4.13. The SMILES string of the molecule is O=C(Nc1ccc(Cl)cc1)c1cc2c(cc1Br)OCCO2. The van der Waals surface area contributed by atoms with Gasteiger partial charge in [-0.25, -0.2) is 0 Å². The van der Waals surface area contributed by atoms with Gasteiger partial charge in [-0.05, 0) is 52.3 Å². The summed E-state index contributed by atoms with van der Waals surface area (Å²) in [6.45, 7) is 0.989. The smallest absolute Gasteiger partial charge is 0.256 e. The molecule has 3 rings (SSSR count). The second-order valence-corrected chi connectivity index (χ2v) is 5.73. The Kier molecular flexibility index (Phi) is 4.03. The summed E-state index contributed by atoms with van der Waals surface area (Å²) in [6, 6.07) is 10.3. The van der Waals surface area contributed by atoms with E-state index >= 15 is 0 Å². The van der Waals surface area contributed by atoms with Gasteiger partial charge >= 0.3 is 0 Å². The predicted molar refractivity (Wildman–Crippen MR) is 84.5 cm³/mol. The van der Waals surface area contributed by atoms with Crippen LogP contribution in [0.4, 0.5) is 5.69 Å². The number of amides is 1. The zero-order valence-corrected chi connectivity index (χ0v) is 13.2. The number of rotatable bonds is 2. The molecule has 2 aromatic rings. The lowest BCUT2D eigenvalue weighted by Gasteiger charge is -2.19. The molecule has 1 heterocycles. The maximum atomic E-state index is 12.3. The monoisotopic (exact) mass is 367 g/mol. The molecule has 0 saturated heterocycles. The quantitative estimate of drug-likeness (QED) is 0.867. The lowest BCUT2D eigenvalue weighted by Crippen LogP contribution is -2.17. The maximum Gasteiger partial charge on any atom is 0.256 e. The van der Waals surface area contributed by atoms with Crippen LogP contribution in [0.3, 0.4) is 0 Å². The van der Waals surface area contributed by atoms with Crippen LogP contribution in [0.5, 0.6) is 11.5 Å². The third-order valence-corrected chi connectivity index (χ3v) is 3.89. The highest BCUT2D eigenvalue weighted by Gasteiger charge is 2.18. The van der Waals surface area contributed by atoms with Crippen LogP contribution in [0, 0.1) is 0 Å². The van der Waals surface area contributed by atoms with Crippen molar-refractivity contribution >= 4 is 39.1 Å². The van der Waals surface area contributed by atoms with E-state index in [9.17, 15) is 4.79 Å². The van der Waals surface area contributed by atoms with Crippen molar-refractivity contribution in [1.82, 2.24) is 0 Å².